The molecule has 0 saturated carbocycles. The zero-order valence-corrected chi connectivity index (χ0v) is 21.7. The minimum atomic E-state index is -0.690. The Labute approximate surface area is 208 Å². The van der Waals surface area contributed by atoms with Crippen molar-refractivity contribution >= 4 is 12.1 Å². The minimum Gasteiger partial charge on any atom is -0.469 e. The maximum atomic E-state index is 14.0. The van der Waals surface area contributed by atoms with Crippen molar-refractivity contribution in [3.8, 4) is 0 Å². The molecule has 1 amide bonds. The first kappa shape index (κ1) is 27.4. The van der Waals surface area contributed by atoms with Crippen LogP contribution in [0, 0.1) is 11.7 Å². The molecule has 8 heteroatoms. The standard InChI is InChI=1S/C27H41FN2O5/c1-5-29(13-6-7-24(31)33-4)14-12-27(35-26(32)30-15-17-34-18-16-30)11-10-21-19-22(28)8-9-23(21)25(27)20(2)3/h8-9,19-20,25H,5-7,10-18H2,1-4H3. The number of halogens is 1. The van der Waals surface area contributed by atoms with Gasteiger partial charge in [0.15, 0.2) is 0 Å². The molecule has 1 aromatic carbocycles. The molecule has 7 nitrogen and oxygen atoms in total. The lowest BCUT2D eigenvalue weighted by Gasteiger charge is -2.48. The highest BCUT2D eigenvalue weighted by Gasteiger charge is 2.48. The molecule has 0 radical (unpaired) electrons. The number of carbonyl (C=O) groups is 2. The molecule has 2 unspecified atom stereocenters. The van der Waals surface area contributed by atoms with Crippen LogP contribution >= 0.6 is 0 Å². The first-order valence-electron chi connectivity index (χ1n) is 12.9. The van der Waals surface area contributed by atoms with Crippen LogP contribution in [0.1, 0.15) is 63.5 Å². The van der Waals surface area contributed by atoms with E-state index in [1.165, 1.54) is 13.2 Å². The van der Waals surface area contributed by atoms with E-state index < -0.39 is 5.60 Å². The number of nitrogens with zero attached hydrogens (tertiary/aromatic N) is 2. The molecule has 1 aromatic rings. The Morgan fingerprint density at radius 3 is 2.66 bits per heavy atom. The van der Waals surface area contributed by atoms with Crippen LogP contribution in [-0.2, 0) is 25.4 Å². The topological polar surface area (TPSA) is 68.3 Å². The summed E-state index contributed by atoms with van der Waals surface area (Å²) in [5.41, 5.74) is 1.40. The van der Waals surface area contributed by atoms with Gasteiger partial charge in [0, 0.05) is 38.4 Å². The SMILES string of the molecule is CCN(CCCC(=O)OC)CCC1(OC(=O)N2CCOCC2)CCc2cc(F)ccc2C1C(C)C. The van der Waals surface area contributed by atoms with E-state index in [0.717, 1.165) is 37.2 Å². The van der Waals surface area contributed by atoms with Gasteiger partial charge in [-0.05, 0) is 61.5 Å². The molecule has 1 fully saturated rings. The summed E-state index contributed by atoms with van der Waals surface area (Å²) >= 11 is 0. The summed E-state index contributed by atoms with van der Waals surface area (Å²) in [5.74, 6) is -0.267. The average Bonchev–Trinajstić information content (AvgIpc) is 2.86. The van der Waals surface area contributed by atoms with Crippen molar-refractivity contribution in [3.05, 3.63) is 35.1 Å². The number of esters is 1. The number of hydrogen-bond donors (Lipinski definition) is 0. The summed E-state index contributed by atoms with van der Waals surface area (Å²) in [6.45, 7) is 10.8. The second kappa shape index (κ2) is 12.7. The fraction of sp³-hybridized carbons (Fsp3) is 0.704. The Kier molecular flexibility index (Phi) is 9.92. The minimum absolute atomic E-state index is 0.0365. The van der Waals surface area contributed by atoms with Crippen molar-refractivity contribution in [2.24, 2.45) is 5.92 Å². The van der Waals surface area contributed by atoms with Gasteiger partial charge in [-0.25, -0.2) is 9.18 Å². The fourth-order valence-electron chi connectivity index (χ4n) is 5.60. The molecule has 2 aliphatic rings. The predicted molar refractivity (Wildman–Crippen MR) is 132 cm³/mol. The van der Waals surface area contributed by atoms with Crippen molar-refractivity contribution in [2.75, 3.05) is 53.0 Å². The average molecular weight is 493 g/mol. The molecule has 0 bridgehead atoms. The Hall–Kier alpha value is -2.19. The number of methoxy groups -OCH3 is 1. The summed E-state index contributed by atoms with van der Waals surface area (Å²) in [4.78, 5) is 28.9. The van der Waals surface area contributed by atoms with Crippen LogP contribution < -0.4 is 0 Å². The summed E-state index contributed by atoms with van der Waals surface area (Å²) in [6, 6.07) is 5.02. The quantitative estimate of drug-likeness (QED) is 0.452. The van der Waals surface area contributed by atoms with Gasteiger partial charge < -0.3 is 24.0 Å². The van der Waals surface area contributed by atoms with Crippen LogP contribution in [0.5, 0.6) is 0 Å². The van der Waals surface area contributed by atoms with Crippen LogP contribution in [0.4, 0.5) is 9.18 Å². The third-order valence-electron chi connectivity index (χ3n) is 7.43. The molecule has 2 atom stereocenters. The van der Waals surface area contributed by atoms with Gasteiger partial charge in [0.1, 0.15) is 11.4 Å². The Bertz CT molecular complexity index is 858. The number of aryl methyl sites for hydroxylation is 1. The van der Waals surface area contributed by atoms with Gasteiger partial charge in [0.05, 0.1) is 20.3 Å². The van der Waals surface area contributed by atoms with Crippen LogP contribution in [0.2, 0.25) is 0 Å². The summed E-state index contributed by atoms with van der Waals surface area (Å²) in [5, 5.41) is 0. The molecule has 1 heterocycles. The summed E-state index contributed by atoms with van der Waals surface area (Å²) in [6.07, 6.45) is 2.81. The number of rotatable bonds is 10. The number of morpholine rings is 1. The Balaban J connectivity index is 1.84. The second-order valence-corrected chi connectivity index (χ2v) is 9.96. The molecule has 0 spiro atoms. The molecule has 0 N–H and O–H groups in total. The van der Waals surface area contributed by atoms with Gasteiger partial charge in [0.2, 0.25) is 0 Å². The molecule has 3 rings (SSSR count). The van der Waals surface area contributed by atoms with Gasteiger partial charge in [-0.2, -0.15) is 0 Å². The maximum Gasteiger partial charge on any atom is 0.410 e. The molecule has 196 valence electrons. The fourth-order valence-corrected chi connectivity index (χ4v) is 5.60. The largest absolute Gasteiger partial charge is 0.469 e. The van der Waals surface area contributed by atoms with E-state index >= 15 is 0 Å². The van der Waals surface area contributed by atoms with Gasteiger partial charge in [-0.3, -0.25) is 4.79 Å². The van der Waals surface area contributed by atoms with Gasteiger partial charge >= 0.3 is 12.1 Å². The van der Waals surface area contributed by atoms with Crippen LogP contribution in [0.15, 0.2) is 18.2 Å². The van der Waals surface area contributed by atoms with Crippen molar-refractivity contribution < 1.29 is 28.2 Å². The van der Waals surface area contributed by atoms with Crippen LogP contribution in [-0.4, -0.2) is 80.5 Å². The molecular formula is C27H41FN2O5. The lowest BCUT2D eigenvalue weighted by molar-refractivity contribution is -0.140. The number of amides is 1. The smallest absolute Gasteiger partial charge is 0.410 e. The van der Waals surface area contributed by atoms with Crippen molar-refractivity contribution in [2.45, 2.75) is 64.4 Å². The monoisotopic (exact) mass is 492 g/mol. The Morgan fingerprint density at radius 2 is 2.00 bits per heavy atom. The first-order valence-corrected chi connectivity index (χ1v) is 12.9. The second-order valence-electron chi connectivity index (χ2n) is 9.96. The lowest BCUT2D eigenvalue weighted by Crippen LogP contribution is -2.52. The summed E-state index contributed by atoms with van der Waals surface area (Å²) in [7, 11) is 1.41. The third kappa shape index (κ3) is 6.94. The van der Waals surface area contributed by atoms with E-state index in [0.29, 0.717) is 52.0 Å². The molecule has 1 aliphatic heterocycles. The third-order valence-corrected chi connectivity index (χ3v) is 7.43. The number of hydrogen-bond acceptors (Lipinski definition) is 6. The molecular weight excluding hydrogens is 451 g/mol. The molecule has 1 aliphatic carbocycles. The van der Waals surface area contributed by atoms with E-state index in [1.807, 2.05) is 6.07 Å². The van der Waals surface area contributed by atoms with Crippen molar-refractivity contribution in [3.63, 3.8) is 0 Å². The zero-order valence-electron chi connectivity index (χ0n) is 21.7. The van der Waals surface area contributed by atoms with E-state index in [-0.39, 0.29) is 29.7 Å². The van der Waals surface area contributed by atoms with Gasteiger partial charge in [0.25, 0.3) is 0 Å². The summed E-state index contributed by atoms with van der Waals surface area (Å²) < 4.78 is 30.7. The highest BCUT2D eigenvalue weighted by molar-refractivity contribution is 5.69. The van der Waals surface area contributed by atoms with E-state index in [4.69, 9.17) is 14.2 Å². The number of ether oxygens (including phenoxy) is 3. The van der Waals surface area contributed by atoms with E-state index in [2.05, 4.69) is 25.7 Å². The Morgan fingerprint density at radius 1 is 1.26 bits per heavy atom. The predicted octanol–water partition coefficient (Wildman–Crippen LogP) is 4.38. The van der Waals surface area contributed by atoms with E-state index in [1.54, 1.807) is 11.0 Å². The van der Waals surface area contributed by atoms with Gasteiger partial charge in [-0.15, -0.1) is 0 Å². The lowest BCUT2D eigenvalue weighted by atomic mass is 9.65. The van der Waals surface area contributed by atoms with Crippen LogP contribution in [0.25, 0.3) is 0 Å². The first-order chi connectivity index (χ1) is 16.8. The maximum absolute atomic E-state index is 14.0. The number of carbonyl (C=O) groups excluding carboxylic acids is 2. The number of fused-ring (bicyclic) bond motifs is 1. The molecule has 1 saturated heterocycles. The van der Waals surface area contributed by atoms with Crippen molar-refractivity contribution in [1.29, 1.82) is 0 Å². The van der Waals surface area contributed by atoms with Crippen LogP contribution in [0.3, 0.4) is 0 Å². The normalized spacial score (nSPS) is 22.3. The zero-order chi connectivity index (χ0) is 25.4. The highest BCUT2D eigenvalue weighted by atomic mass is 19.1. The van der Waals surface area contributed by atoms with Gasteiger partial charge in [-0.1, -0.05) is 26.8 Å². The number of benzene rings is 1. The highest BCUT2D eigenvalue weighted by Crippen LogP contribution is 2.48. The van der Waals surface area contributed by atoms with E-state index in [9.17, 15) is 14.0 Å². The molecule has 35 heavy (non-hydrogen) atoms. The molecule has 0 aromatic heterocycles. The van der Waals surface area contributed by atoms with Crippen molar-refractivity contribution in [1.82, 2.24) is 9.80 Å².